The van der Waals surface area contributed by atoms with Gasteiger partial charge in [0.25, 0.3) is 0 Å². The number of carbonyl (C=O) groups excluding carboxylic acids is 1. The van der Waals surface area contributed by atoms with E-state index in [0.717, 1.165) is 19.1 Å². The first kappa shape index (κ1) is 15.4. The summed E-state index contributed by atoms with van der Waals surface area (Å²) in [6.45, 7) is 2.23. The lowest BCUT2D eigenvalue weighted by Gasteiger charge is -2.07. The number of rotatable bonds is 11. The van der Waals surface area contributed by atoms with Crippen LogP contribution in [0.1, 0.15) is 64.7 Å². The van der Waals surface area contributed by atoms with Crippen molar-refractivity contribution in [3.8, 4) is 0 Å². The predicted octanol–water partition coefficient (Wildman–Crippen LogP) is 3.63. The zero-order valence-electron chi connectivity index (χ0n) is 10.5. The van der Waals surface area contributed by atoms with E-state index in [4.69, 9.17) is 0 Å². The number of aldehydes is 1. The fraction of sp³-hybridized carbons (Fsp3) is 0.786. The second-order valence-corrected chi connectivity index (χ2v) is 4.36. The molecule has 0 bridgehead atoms. The summed E-state index contributed by atoms with van der Waals surface area (Å²) in [5.74, 6) is 0. The van der Waals surface area contributed by atoms with Crippen molar-refractivity contribution in [3.63, 3.8) is 0 Å². The maximum Gasteiger partial charge on any atom is 0.142 e. The molecule has 0 saturated heterocycles. The molecule has 0 rings (SSSR count). The van der Waals surface area contributed by atoms with E-state index in [1.807, 2.05) is 0 Å². The largest absolute Gasteiger partial charge is 0.393 e. The van der Waals surface area contributed by atoms with Gasteiger partial charge in [0.1, 0.15) is 6.29 Å². The van der Waals surface area contributed by atoms with Crippen LogP contribution in [0.25, 0.3) is 0 Å². The Morgan fingerprint density at radius 1 is 1.06 bits per heavy atom. The Kier molecular flexibility index (Phi) is 11.9. The highest BCUT2D eigenvalue weighted by Crippen LogP contribution is 2.11. The van der Waals surface area contributed by atoms with E-state index in [2.05, 4.69) is 6.92 Å². The van der Waals surface area contributed by atoms with Crippen LogP contribution < -0.4 is 0 Å². The van der Waals surface area contributed by atoms with Gasteiger partial charge < -0.3 is 5.11 Å². The van der Waals surface area contributed by atoms with Crippen LogP contribution in [0.3, 0.4) is 0 Å². The number of hydrogen-bond acceptors (Lipinski definition) is 2. The molecule has 0 radical (unpaired) electrons. The number of allylic oxidation sites excluding steroid dienone is 1. The van der Waals surface area contributed by atoms with E-state index in [1.54, 1.807) is 6.08 Å². The zero-order chi connectivity index (χ0) is 12.1. The third kappa shape index (κ3) is 11.4. The van der Waals surface area contributed by atoms with Crippen LogP contribution in [-0.4, -0.2) is 17.5 Å². The Hall–Kier alpha value is -0.630. The van der Waals surface area contributed by atoms with Crippen LogP contribution in [0.15, 0.2) is 12.2 Å². The van der Waals surface area contributed by atoms with Gasteiger partial charge in [-0.05, 0) is 18.9 Å². The molecule has 0 heterocycles. The van der Waals surface area contributed by atoms with Crippen molar-refractivity contribution in [3.05, 3.63) is 12.2 Å². The van der Waals surface area contributed by atoms with E-state index >= 15 is 0 Å². The molecule has 0 aromatic heterocycles. The molecule has 0 aliphatic rings. The highest BCUT2D eigenvalue weighted by molar-refractivity contribution is 5.64. The Balaban J connectivity index is 3.17. The summed E-state index contributed by atoms with van der Waals surface area (Å²) < 4.78 is 0. The maximum absolute atomic E-state index is 10.0. The van der Waals surface area contributed by atoms with Crippen molar-refractivity contribution < 1.29 is 9.90 Å². The molecule has 0 unspecified atom stereocenters. The van der Waals surface area contributed by atoms with Crippen LogP contribution >= 0.6 is 0 Å². The molecule has 2 heteroatoms. The SMILES string of the molecule is CCCCCCCCC[C@@H](O)C/C=C/C=O. The highest BCUT2D eigenvalue weighted by Gasteiger charge is 2.00. The minimum absolute atomic E-state index is 0.271. The van der Waals surface area contributed by atoms with Crippen molar-refractivity contribution in [1.82, 2.24) is 0 Å². The first-order valence-electron chi connectivity index (χ1n) is 6.59. The van der Waals surface area contributed by atoms with E-state index in [1.165, 1.54) is 44.6 Å². The van der Waals surface area contributed by atoms with Crippen molar-refractivity contribution in [2.75, 3.05) is 0 Å². The van der Waals surface area contributed by atoms with Crippen LogP contribution in [0.4, 0.5) is 0 Å². The number of aliphatic hydroxyl groups excluding tert-OH is 1. The summed E-state index contributed by atoms with van der Waals surface area (Å²) in [5, 5.41) is 9.55. The van der Waals surface area contributed by atoms with Crippen LogP contribution in [0.2, 0.25) is 0 Å². The number of hydrogen-bond donors (Lipinski definition) is 1. The van der Waals surface area contributed by atoms with Gasteiger partial charge in [-0.2, -0.15) is 0 Å². The summed E-state index contributed by atoms with van der Waals surface area (Å²) in [6, 6.07) is 0. The van der Waals surface area contributed by atoms with Crippen molar-refractivity contribution >= 4 is 6.29 Å². The molecule has 0 spiro atoms. The van der Waals surface area contributed by atoms with Gasteiger partial charge in [-0.15, -0.1) is 0 Å². The van der Waals surface area contributed by atoms with Crippen LogP contribution in [-0.2, 0) is 4.79 Å². The fourth-order valence-corrected chi connectivity index (χ4v) is 1.75. The van der Waals surface area contributed by atoms with Gasteiger partial charge in [0.05, 0.1) is 6.10 Å². The Labute approximate surface area is 99.7 Å². The minimum atomic E-state index is -0.271. The molecule has 0 fully saturated rings. The monoisotopic (exact) mass is 226 g/mol. The molecule has 94 valence electrons. The molecule has 0 aliphatic carbocycles. The average molecular weight is 226 g/mol. The fourth-order valence-electron chi connectivity index (χ4n) is 1.75. The third-order valence-corrected chi connectivity index (χ3v) is 2.76. The number of unbranched alkanes of at least 4 members (excludes halogenated alkanes) is 6. The smallest absolute Gasteiger partial charge is 0.142 e. The molecule has 1 N–H and O–H groups in total. The topological polar surface area (TPSA) is 37.3 Å². The molecule has 0 amide bonds. The lowest BCUT2D eigenvalue weighted by molar-refractivity contribution is -0.104. The minimum Gasteiger partial charge on any atom is -0.393 e. The summed E-state index contributed by atoms with van der Waals surface area (Å²) in [4.78, 5) is 10.0. The van der Waals surface area contributed by atoms with Crippen molar-refractivity contribution in [1.29, 1.82) is 0 Å². The molecular weight excluding hydrogens is 200 g/mol. The quantitative estimate of drug-likeness (QED) is 0.332. The Morgan fingerprint density at radius 3 is 2.31 bits per heavy atom. The van der Waals surface area contributed by atoms with Gasteiger partial charge in [-0.3, -0.25) is 4.79 Å². The molecule has 0 aromatic rings. The molecule has 0 saturated carbocycles. The van der Waals surface area contributed by atoms with E-state index in [9.17, 15) is 9.90 Å². The van der Waals surface area contributed by atoms with Gasteiger partial charge in [-0.25, -0.2) is 0 Å². The van der Waals surface area contributed by atoms with E-state index < -0.39 is 0 Å². The predicted molar refractivity (Wildman–Crippen MR) is 68.4 cm³/mol. The van der Waals surface area contributed by atoms with E-state index in [0.29, 0.717) is 6.42 Å². The van der Waals surface area contributed by atoms with Crippen molar-refractivity contribution in [2.45, 2.75) is 70.8 Å². The van der Waals surface area contributed by atoms with Crippen LogP contribution in [0.5, 0.6) is 0 Å². The van der Waals surface area contributed by atoms with E-state index in [-0.39, 0.29) is 6.10 Å². The van der Waals surface area contributed by atoms with Crippen molar-refractivity contribution in [2.24, 2.45) is 0 Å². The van der Waals surface area contributed by atoms with Gasteiger partial charge in [0, 0.05) is 0 Å². The second kappa shape index (κ2) is 12.4. The number of aliphatic hydroxyl groups is 1. The lowest BCUT2D eigenvalue weighted by Crippen LogP contribution is -2.04. The highest BCUT2D eigenvalue weighted by atomic mass is 16.3. The van der Waals surface area contributed by atoms with Gasteiger partial charge in [-0.1, -0.05) is 57.9 Å². The molecule has 0 aromatic carbocycles. The molecular formula is C14H26O2. The normalized spacial score (nSPS) is 13.1. The molecule has 2 nitrogen and oxygen atoms in total. The number of carbonyl (C=O) groups is 1. The first-order chi connectivity index (χ1) is 7.81. The van der Waals surface area contributed by atoms with Gasteiger partial charge in [0.15, 0.2) is 0 Å². The molecule has 1 atom stereocenters. The third-order valence-electron chi connectivity index (χ3n) is 2.76. The maximum atomic E-state index is 10.0. The molecule has 16 heavy (non-hydrogen) atoms. The summed E-state index contributed by atoms with van der Waals surface area (Å²) in [6.07, 6.45) is 14.1. The second-order valence-electron chi connectivity index (χ2n) is 4.36. The summed E-state index contributed by atoms with van der Waals surface area (Å²) in [7, 11) is 0. The Morgan fingerprint density at radius 2 is 1.69 bits per heavy atom. The van der Waals surface area contributed by atoms with Gasteiger partial charge in [0.2, 0.25) is 0 Å². The average Bonchev–Trinajstić information content (AvgIpc) is 2.28. The Bertz CT molecular complexity index is 176. The zero-order valence-corrected chi connectivity index (χ0v) is 10.5. The lowest BCUT2D eigenvalue weighted by atomic mass is 10.0. The summed E-state index contributed by atoms with van der Waals surface area (Å²) >= 11 is 0. The summed E-state index contributed by atoms with van der Waals surface area (Å²) in [5.41, 5.74) is 0. The standard InChI is InChI=1S/C14H26O2/c1-2-3-4-5-6-7-8-11-14(16)12-9-10-13-15/h9-10,13-14,16H,2-8,11-12H2,1H3/b10-9+/t14-/m1/s1. The first-order valence-corrected chi connectivity index (χ1v) is 6.59. The van der Waals surface area contributed by atoms with Crippen LogP contribution in [0, 0.1) is 0 Å². The molecule has 0 aliphatic heterocycles. The van der Waals surface area contributed by atoms with Gasteiger partial charge >= 0.3 is 0 Å².